The van der Waals surface area contributed by atoms with Crippen LogP contribution in [0.4, 0.5) is 5.69 Å². The van der Waals surface area contributed by atoms with Gasteiger partial charge in [0.2, 0.25) is 0 Å². The maximum Gasteiger partial charge on any atom is 0.251 e. The Morgan fingerprint density at radius 2 is 1.64 bits per heavy atom. The van der Waals surface area contributed by atoms with Crippen LogP contribution < -0.4 is 11.1 Å². The molecule has 2 aromatic carbocycles. The van der Waals surface area contributed by atoms with Crippen molar-refractivity contribution in [3.63, 3.8) is 0 Å². The summed E-state index contributed by atoms with van der Waals surface area (Å²) in [6.45, 7) is 0. The summed E-state index contributed by atoms with van der Waals surface area (Å²) in [5.74, 6) is 0.501. The van der Waals surface area contributed by atoms with E-state index >= 15 is 0 Å². The highest BCUT2D eigenvalue weighted by molar-refractivity contribution is 5.94. The van der Waals surface area contributed by atoms with Crippen LogP contribution in [0.5, 0.6) is 0 Å². The number of nitrogens with two attached hydrogens (primary N) is 1. The molecule has 0 aromatic heterocycles. The van der Waals surface area contributed by atoms with E-state index in [1.807, 2.05) is 18.2 Å². The molecule has 0 spiro atoms. The molecule has 22 heavy (non-hydrogen) atoms. The molecule has 3 rings (SSSR count). The Hall–Kier alpha value is -2.29. The van der Waals surface area contributed by atoms with Gasteiger partial charge in [-0.2, -0.15) is 0 Å². The molecule has 1 unspecified atom stereocenters. The fourth-order valence-corrected chi connectivity index (χ4v) is 3.28. The Labute approximate surface area is 131 Å². The third-order valence-electron chi connectivity index (χ3n) is 4.49. The van der Waals surface area contributed by atoms with Crippen LogP contribution in [0.1, 0.15) is 47.6 Å². The molecule has 1 atom stereocenters. The van der Waals surface area contributed by atoms with Gasteiger partial charge in [-0.25, -0.2) is 0 Å². The minimum Gasteiger partial charge on any atom is -0.399 e. The number of hydrogen-bond donors (Lipinski definition) is 2. The molecule has 0 radical (unpaired) electrons. The standard InChI is InChI=1S/C19H22N2O/c20-17-12-10-16(11-13-17)19(22)21-18(15-8-4-5-9-15)14-6-2-1-3-7-14/h1-3,6-7,10-13,15,18H,4-5,8-9,20H2,(H,21,22). The number of hydrogen-bond acceptors (Lipinski definition) is 2. The molecule has 1 fully saturated rings. The van der Waals surface area contributed by atoms with Crippen molar-refractivity contribution in [2.75, 3.05) is 5.73 Å². The van der Waals surface area contributed by atoms with Gasteiger partial charge in [-0.3, -0.25) is 4.79 Å². The minimum atomic E-state index is -0.0271. The molecule has 0 heterocycles. The van der Waals surface area contributed by atoms with Crippen LogP contribution in [0.3, 0.4) is 0 Å². The van der Waals surface area contributed by atoms with E-state index in [9.17, 15) is 4.79 Å². The van der Waals surface area contributed by atoms with Gasteiger partial charge in [-0.05, 0) is 48.6 Å². The minimum absolute atomic E-state index is 0.0271. The van der Waals surface area contributed by atoms with Gasteiger partial charge in [-0.15, -0.1) is 0 Å². The molecule has 1 amide bonds. The van der Waals surface area contributed by atoms with Gasteiger partial charge in [0.15, 0.2) is 0 Å². The zero-order chi connectivity index (χ0) is 15.4. The molecule has 2 aromatic rings. The summed E-state index contributed by atoms with van der Waals surface area (Å²) in [6.07, 6.45) is 4.88. The summed E-state index contributed by atoms with van der Waals surface area (Å²) in [4.78, 5) is 12.5. The Bertz CT molecular complexity index is 616. The lowest BCUT2D eigenvalue weighted by molar-refractivity contribution is 0.0922. The molecule has 0 aliphatic heterocycles. The summed E-state index contributed by atoms with van der Waals surface area (Å²) >= 11 is 0. The van der Waals surface area contributed by atoms with E-state index in [0.29, 0.717) is 17.2 Å². The van der Waals surface area contributed by atoms with E-state index in [1.54, 1.807) is 24.3 Å². The van der Waals surface area contributed by atoms with E-state index in [2.05, 4.69) is 17.4 Å². The second kappa shape index (κ2) is 6.65. The first kappa shape index (κ1) is 14.6. The molecule has 0 bridgehead atoms. The van der Waals surface area contributed by atoms with Crippen LogP contribution in [0.15, 0.2) is 54.6 Å². The molecule has 1 aliphatic rings. The van der Waals surface area contributed by atoms with Gasteiger partial charge in [0.25, 0.3) is 5.91 Å². The number of rotatable bonds is 4. The maximum atomic E-state index is 12.5. The largest absolute Gasteiger partial charge is 0.399 e. The Morgan fingerprint density at radius 1 is 1.00 bits per heavy atom. The van der Waals surface area contributed by atoms with Crippen molar-refractivity contribution in [1.82, 2.24) is 5.32 Å². The first-order valence-electron chi connectivity index (χ1n) is 7.95. The Balaban J connectivity index is 1.80. The second-order valence-electron chi connectivity index (χ2n) is 6.03. The fourth-order valence-electron chi connectivity index (χ4n) is 3.28. The van der Waals surface area contributed by atoms with Crippen LogP contribution >= 0.6 is 0 Å². The predicted octanol–water partition coefficient (Wildman–Crippen LogP) is 3.93. The van der Waals surface area contributed by atoms with Gasteiger partial charge in [0, 0.05) is 11.3 Å². The van der Waals surface area contributed by atoms with Crippen molar-refractivity contribution in [2.45, 2.75) is 31.7 Å². The van der Waals surface area contributed by atoms with Crippen LogP contribution in [-0.4, -0.2) is 5.91 Å². The molecule has 1 saturated carbocycles. The topological polar surface area (TPSA) is 55.1 Å². The van der Waals surface area contributed by atoms with Gasteiger partial charge >= 0.3 is 0 Å². The number of anilines is 1. The predicted molar refractivity (Wildman–Crippen MR) is 89.5 cm³/mol. The monoisotopic (exact) mass is 294 g/mol. The average Bonchev–Trinajstić information content (AvgIpc) is 3.08. The maximum absolute atomic E-state index is 12.5. The SMILES string of the molecule is Nc1ccc(C(=O)NC(c2ccccc2)C2CCCC2)cc1. The van der Waals surface area contributed by atoms with E-state index < -0.39 is 0 Å². The molecular formula is C19H22N2O. The first-order chi connectivity index (χ1) is 10.7. The van der Waals surface area contributed by atoms with E-state index in [-0.39, 0.29) is 11.9 Å². The number of nitrogen functional groups attached to an aromatic ring is 1. The van der Waals surface area contributed by atoms with Gasteiger partial charge in [0.05, 0.1) is 6.04 Å². The molecule has 3 heteroatoms. The number of carbonyl (C=O) groups excluding carboxylic acids is 1. The van der Waals surface area contributed by atoms with Gasteiger partial charge in [0.1, 0.15) is 0 Å². The average molecular weight is 294 g/mol. The zero-order valence-corrected chi connectivity index (χ0v) is 12.7. The lowest BCUT2D eigenvalue weighted by Gasteiger charge is -2.25. The highest BCUT2D eigenvalue weighted by atomic mass is 16.1. The Morgan fingerprint density at radius 3 is 2.27 bits per heavy atom. The molecule has 3 N–H and O–H groups in total. The van der Waals surface area contributed by atoms with Crippen molar-refractivity contribution in [1.29, 1.82) is 0 Å². The second-order valence-corrected chi connectivity index (χ2v) is 6.03. The summed E-state index contributed by atoms with van der Waals surface area (Å²) in [5.41, 5.74) is 8.21. The highest BCUT2D eigenvalue weighted by Gasteiger charge is 2.27. The first-order valence-corrected chi connectivity index (χ1v) is 7.95. The molecule has 1 aliphatic carbocycles. The molecular weight excluding hydrogens is 272 g/mol. The molecule has 114 valence electrons. The zero-order valence-electron chi connectivity index (χ0n) is 12.7. The third-order valence-corrected chi connectivity index (χ3v) is 4.49. The Kier molecular flexibility index (Phi) is 4.42. The van der Waals surface area contributed by atoms with E-state index in [0.717, 1.165) is 0 Å². The van der Waals surface area contributed by atoms with Gasteiger partial charge < -0.3 is 11.1 Å². The number of nitrogens with one attached hydrogen (secondary N) is 1. The highest BCUT2D eigenvalue weighted by Crippen LogP contribution is 2.35. The molecule has 0 saturated heterocycles. The normalized spacial score (nSPS) is 16.4. The van der Waals surface area contributed by atoms with Crippen LogP contribution in [0, 0.1) is 5.92 Å². The number of amides is 1. The number of carbonyl (C=O) groups is 1. The van der Waals surface area contributed by atoms with E-state index in [1.165, 1.54) is 31.2 Å². The van der Waals surface area contributed by atoms with Crippen molar-refractivity contribution in [3.05, 3.63) is 65.7 Å². The van der Waals surface area contributed by atoms with Crippen molar-refractivity contribution >= 4 is 11.6 Å². The van der Waals surface area contributed by atoms with Crippen molar-refractivity contribution < 1.29 is 4.79 Å². The van der Waals surface area contributed by atoms with E-state index in [4.69, 9.17) is 5.73 Å². The number of benzene rings is 2. The summed E-state index contributed by atoms with van der Waals surface area (Å²) in [5, 5.41) is 3.23. The lowest BCUT2D eigenvalue weighted by Crippen LogP contribution is -2.32. The van der Waals surface area contributed by atoms with Crippen LogP contribution in [0.2, 0.25) is 0 Å². The van der Waals surface area contributed by atoms with Crippen LogP contribution in [-0.2, 0) is 0 Å². The van der Waals surface area contributed by atoms with Crippen molar-refractivity contribution in [3.8, 4) is 0 Å². The van der Waals surface area contributed by atoms with Gasteiger partial charge in [-0.1, -0.05) is 43.2 Å². The fraction of sp³-hybridized carbons (Fsp3) is 0.316. The summed E-state index contributed by atoms with van der Waals surface area (Å²) < 4.78 is 0. The van der Waals surface area contributed by atoms with Crippen molar-refractivity contribution in [2.24, 2.45) is 5.92 Å². The smallest absolute Gasteiger partial charge is 0.251 e. The third kappa shape index (κ3) is 3.30. The molecule has 3 nitrogen and oxygen atoms in total. The quantitative estimate of drug-likeness (QED) is 0.839. The lowest BCUT2D eigenvalue weighted by atomic mass is 9.91. The summed E-state index contributed by atoms with van der Waals surface area (Å²) in [7, 11) is 0. The summed E-state index contributed by atoms with van der Waals surface area (Å²) in [6, 6.07) is 17.5. The van der Waals surface area contributed by atoms with Crippen LogP contribution in [0.25, 0.3) is 0 Å².